The van der Waals surface area contributed by atoms with Crippen LogP contribution in [0.2, 0.25) is 0 Å². The molecule has 1 saturated heterocycles. The molecule has 0 amide bonds. The van der Waals surface area contributed by atoms with Gasteiger partial charge in [-0.2, -0.15) is 0 Å². The first-order chi connectivity index (χ1) is 8.36. The second kappa shape index (κ2) is 4.69. The zero-order valence-corrected chi connectivity index (χ0v) is 10.7. The van der Waals surface area contributed by atoms with Gasteiger partial charge in [0.2, 0.25) is 0 Å². The Bertz CT molecular complexity index is 392. The van der Waals surface area contributed by atoms with Crippen LogP contribution in [-0.4, -0.2) is 26.2 Å². The largest absolute Gasteiger partial charge is 0.371 e. The average molecular weight is 230 g/mol. The van der Waals surface area contributed by atoms with Crippen LogP contribution in [0.3, 0.4) is 0 Å². The fraction of sp³-hybridized carbons (Fsp3) is 0.600. The molecule has 2 heteroatoms. The number of hydrogen-bond donors (Lipinski definition) is 1. The molecule has 2 aliphatic rings. The molecule has 1 heterocycles. The predicted molar refractivity (Wildman–Crippen MR) is 72.8 cm³/mol. The van der Waals surface area contributed by atoms with Crippen LogP contribution >= 0.6 is 0 Å². The molecule has 0 atom stereocenters. The van der Waals surface area contributed by atoms with Gasteiger partial charge in [-0.05, 0) is 62.4 Å². The molecule has 2 nitrogen and oxygen atoms in total. The smallest absolute Gasteiger partial charge is 0.0369 e. The van der Waals surface area contributed by atoms with E-state index in [4.69, 9.17) is 0 Å². The molecule has 0 unspecified atom stereocenters. The fourth-order valence-corrected chi connectivity index (χ4v) is 3.18. The summed E-state index contributed by atoms with van der Waals surface area (Å²) in [6.07, 6.45) is 6.47. The Morgan fingerprint density at radius 3 is 2.65 bits per heavy atom. The average Bonchev–Trinajstić information content (AvgIpc) is 2.86. The Morgan fingerprint density at radius 2 is 1.88 bits per heavy atom. The number of benzene rings is 1. The van der Waals surface area contributed by atoms with Gasteiger partial charge in [0.1, 0.15) is 0 Å². The van der Waals surface area contributed by atoms with Crippen LogP contribution in [0.4, 0.5) is 5.69 Å². The minimum absolute atomic E-state index is 0.723. The van der Waals surface area contributed by atoms with Crippen molar-refractivity contribution < 1.29 is 0 Å². The van der Waals surface area contributed by atoms with Crippen molar-refractivity contribution in [2.75, 3.05) is 25.0 Å². The number of nitrogens with zero attached hydrogens (tertiary/aromatic N) is 1. The first-order valence-corrected chi connectivity index (χ1v) is 6.91. The van der Waals surface area contributed by atoms with Gasteiger partial charge in [0, 0.05) is 24.8 Å². The van der Waals surface area contributed by atoms with E-state index in [1.165, 1.54) is 50.9 Å². The zero-order valence-electron chi connectivity index (χ0n) is 10.7. The molecule has 3 rings (SSSR count). The van der Waals surface area contributed by atoms with E-state index in [0.29, 0.717) is 0 Å². The maximum absolute atomic E-state index is 3.39. The van der Waals surface area contributed by atoms with E-state index in [-0.39, 0.29) is 0 Å². The van der Waals surface area contributed by atoms with Crippen LogP contribution in [-0.2, 0) is 12.8 Å². The van der Waals surface area contributed by atoms with Gasteiger partial charge in [0.05, 0.1) is 0 Å². The molecule has 0 spiro atoms. The zero-order chi connectivity index (χ0) is 11.7. The molecule has 1 aromatic carbocycles. The van der Waals surface area contributed by atoms with E-state index < -0.39 is 0 Å². The third kappa shape index (κ3) is 2.19. The predicted octanol–water partition coefficient (Wildman–Crippen LogP) is 2.36. The number of nitrogens with one attached hydrogen (secondary N) is 1. The fourth-order valence-electron chi connectivity index (χ4n) is 3.18. The number of hydrogen-bond acceptors (Lipinski definition) is 2. The molecule has 1 aliphatic heterocycles. The van der Waals surface area contributed by atoms with Crippen molar-refractivity contribution in [2.45, 2.75) is 38.1 Å². The SMILES string of the molecule is CNC1CCN(c2ccc3c(c2)CCC3)CC1. The van der Waals surface area contributed by atoms with Gasteiger partial charge in [-0.25, -0.2) is 0 Å². The highest BCUT2D eigenvalue weighted by Gasteiger charge is 2.19. The van der Waals surface area contributed by atoms with E-state index in [1.807, 2.05) is 0 Å². The summed E-state index contributed by atoms with van der Waals surface area (Å²) >= 11 is 0. The highest BCUT2D eigenvalue weighted by molar-refractivity contribution is 5.52. The molecule has 1 N–H and O–H groups in total. The van der Waals surface area contributed by atoms with Crippen molar-refractivity contribution in [1.29, 1.82) is 0 Å². The third-order valence-corrected chi connectivity index (χ3v) is 4.35. The molecular formula is C15H22N2. The van der Waals surface area contributed by atoms with Crippen LogP contribution in [0.25, 0.3) is 0 Å². The molecule has 0 radical (unpaired) electrons. The number of rotatable bonds is 2. The summed E-state index contributed by atoms with van der Waals surface area (Å²) < 4.78 is 0. The summed E-state index contributed by atoms with van der Waals surface area (Å²) in [5.74, 6) is 0. The summed E-state index contributed by atoms with van der Waals surface area (Å²) in [5.41, 5.74) is 4.62. The Labute approximate surface area is 104 Å². The lowest BCUT2D eigenvalue weighted by molar-refractivity contribution is 0.442. The van der Waals surface area contributed by atoms with Gasteiger partial charge >= 0.3 is 0 Å². The Morgan fingerprint density at radius 1 is 1.12 bits per heavy atom. The topological polar surface area (TPSA) is 15.3 Å². The van der Waals surface area contributed by atoms with Gasteiger partial charge < -0.3 is 10.2 Å². The second-order valence-electron chi connectivity index (χ2n) is 5.36. The minimum atomic E-state index is 0.723. The van der Waals surface area contributed by atoms with E-state index in [2.05, 4.69) is 35.5 Å². The Hall–Kier alpha value is -1.02. The normalized spacial score (nSPS) is 20.6. The summed E-state index contributed by atoms with van der Waals surface area (Å²) in [4.78, 5) is 2.55. The van der Waals surface area contributed by atoms with Gasteiger partial charge in [-0.3, -0.25) is 0 Å². The molecule has 0 bridgehead atoms. The lowest BCUT2D eigenvalue weighted by Gasteiger charge is -2.33. The first kappa shape index (κ1) is 11.1. The van der Waals surface area contributed by atoms with Crippen molar-refractivity contribution in [3.63, 3.8) is 0 Å². The number of piperidine rings is 1. The van der Waals surface area contributed by atoms with Crippen molar-refractivity contribution in [2.24, 2.45) is 0 Å². The molecule has 0 saturated carbocycles. The molecule has 1 fully saturated rings. The molecular weight excluding hydrogens is 208 g/mol. The van der Waals surface area contributed by atoms with E-state index in [9.17, 15) is 0 Å². The van der Waals surface area contributed by atoms with Crippen LogP contribution in [0.15, 0.2) is 18.2 Å². The van der Waals surface area contributed by atoms with Crippen LogP contribution in [0.5, 0.6) is 0 Å². The third-order valence-electron chi connectivity index (χ3n) is 4.35. The monoisotopic (exact) mass is 230 g/mol. The first-order valence-electron chi connectivity index (χ1n) is 6.91. The van der Waals surface area contributed by atoms with Crippen molar-refractivity contribution in [1.82, 2.24) is 5.32 Å². The van der Waals surface area contributed by atoms with Gasteiger partial charge in [-0.1, -0.05) is 6.07 Å². The van der Waals surface area contributed by atoms with Crippen LogP contribution < -0.4 is 10.2 Å². The van der Waals surface area contributed by atoms with Crippen molar-refractivity contribution >= 4 is 5.69 Å². The molecule has 92 valence electrons. The Balaban J connectivity index is 1.72. The highest BCUT2D eigenvalue weighted by Crippen LogP contribution is 2.28. The van der Waals surface area contributed by atoms with Gasteiger partial charge in [0.25, 0.3) is 0 Å². The standard InChI is InChI=1S/C15H22N2/c1-16-14-7-9-17(10-8-14)15-6-5-12-3-2-4-13(12)11-15/h5-6,11,14,16H,2-4,7-10H2,1H3. The summed E-state index contributed by atoms with van der Waals surface area (Å²) in [7, 11) is 2.08. The lowest BCUT2D eigenvalue weighted by atomic mass is 10.0. The second-order valence-corrected chi connectivity index (χ2v) is 5.36. The van der Waals surface area contributed by atoms with Crippen molar-refractivity contribution in [3.8, 4) is 0 Å². The van der Waals surface area contributed by atoms with Crippen LogP contribution in [0, 0.1) is 0 Å². The highest BCUT2D eigenvalue weighted by atomic mass is 15.1. The van der Waals surface area contributed by atoms with Crippen LogP contribution in [0.1, 0.15) is 30.4 Å². The lowest BCUT2D eigenvalue weighted by Crippen LogP contribution is -2.41. The quantitative estimate of drug-likeness (QED) is 0.839. The number of anilines is 1. The van der Waals surface area contributed by atoms with Crippen molar-refractivity contribution in [3.05, 3.63) is 29.3 Å². The molecule has 0 aromatic heterocycles. The van der Waals surface area contributed by atoms with E-state index >= 15 is 0 Å². The summed E-state index contributed by atoms with van der Waals surface area (Å²) in [5, 5.41) is 3.39. The molecule has 17 heavy (non-hydrogen) atoms. The summed E-state index contributed by atoms with van der Waals surface area (Å²) in [6.45, 7) is 2.40. The molecule has 1 aromatic rings. The molecule has 1 aliphatic carbocycles. The number of fused-ring (bicyclic) bond motifs is 1. The number of aryl methyl sites for hydroxylation is 2. The van der Waals surface area contributed by atoms with E-state index in [0.717, 1.165) is 6.04 Å². The minimum Gasteiger partial charge on any atom is -0.371 e. The maximum Gasteiger partial charge on any atom is 0.0369 e. The van der Waals surface area contributed by atoms with Gasteiger partial charge in [0.15, 0.2) is 0 Å². The Kier molecular flexibility index (Phi) is 3.06. The van der Waals surface area contributed by atoms with E-state index in [1.54, 1.807) is 11.1 Å². The van der Waals surface area contributed by atoms with Gasteiger partial charge in [-0.15, -0.1) is 0 Å². The summed E-state index contributed by atoms with van der Waals surface area (Å²) in [6, 6.07) is 7.83. The maximum atomic E-state index is 3.39.